The summed E-state index contributed by atoms with van der Waals surface area (Å²) in [7, 11) is 0. The van der Waals surface area contributed by atoms with Crippen molar-refractivity contribution in [1.82, 2.24) is 0 Å². The number of hydrogen-bond acceptors (Lipinski definition) is 2. The van der Waals surface area contributed by atoms with Gasteiger partial charge in [-0.2, -0.15) is 11.8 Å². The quantitative estimate of drug-likeness (QED) is 0.714. The number of thioether (sulfide) groups is 1. The zero-order valence-electron chi connectivity index (χ0n) is 8.80. The molecular weight excluding hydrogens is 260 g/mol. The average molecular weight is 279 g/mol. The number of alkyl halides is 1. The van der Waals surface area contributed by atoms with Crippen molar-refractivity contribution < 1.29 is 4.74 Å². The molecule has 1 heterocycles. The first-order chi connectivity index (χ1) is 6.82. The van der Waals surface area contributed by atoms with Gasteiger partial charge < -0.3 is 4.74 Å². The predicted octanol–water partition coefficient (Wildman–Crippen LogP) is 3.32. The molecular formula is C11H19BrOS. The minimum absolute atomic E-state index is 0.462. The van der Waals surface area contributed by atoms with Gasteiger partial charge in [-0.3, -0.25) is 0 Å². The molecule has 1 aliphatic carbocycles. The highest BCUT2D eigenvalue weighted by Crippen LogP contribution is 2.50. The fourth-order valence-corrected chi connectivity index (χ4v) is 4.02. The van der Waals surface area contributed by atoms with Crippen LogP contribution in [0.5, 0.6) is 0 Å². The lowest BCUT2D eigenvalue weighted by atomic mass is 9.78. The first-order valence-corrected chi connectivity index (χ1v) is 8.00. The smallest absolute Gasteiger partial charge is 0.0668 e. The average Bonchev–Trinajstić information content (AvgIpc) is 2.97. The van der Waals surface area contributed by atoms with Gasteiger partial charge in [0, 0.05) is 17.4 Å². The van der Waals surface area contributed by atoms with Crippen molar-refractivity contribution in [1.29, 1.82) is 0 Å². The number of rotatable bonds is 5. The van der Waals surface area contributed by atoms with Crippen LogP contribution in [0.15, 0.2) is 0 Å². The molecule has 2 fully saturated rings. The van der Waals surface area contributed by atoms with Crippen molar-refractivity contribution in [2.75, 3.05) is 23.9 Å². The van der Waals surface area contributed by atoms with E-state index in [1.54, 1.807) is 0 Å². The molecule has 2 atom stereocenters. The Labute approximate surface area is 99.5 Å². The molecule has 0 N–H and O–H groups in total. The number of hydrogen-bond donors (Lipinski definition) is 0. The monoisotopic (exact) mass is 278 g/mol. The van der Waals surface area contributed by atoms with Crippen LogP contribution in [-0.2, 0) is 4.74 Å². The lowest BCUT2D eigenvalue weighted by Crippen LogP contribution is -2.35. The molecule has 0 spiro atoms. The highest BCUT2D eigenvalue weighted by molar-refractivity contribution is 9.09. The van der Waals surface area contributed by atoms with E-state index in [9.17, 15) is 0 Å². The van der Waals surface area contributed by atoms with E-state index in [4.69, 9.17) is 4.74 Å². The van der Waals surface area contributed by atoms with Crippen molar-refractivity contribution in [2.45, 2.75) is 31.8 Å². The van der Waals surface area contributed by atoms with Crippen molar-refractivity contribution in [3.63, 3.8) is 0 Å². The second-order valence-corrected chi connectivity index (χ2v) is 6.16. The molecule has 2 rings (SSSR count). The Balaban J connectivity index is 1.99. The second kappa shape index (κ2) is 4.75. The van der Waals surface area contributed by atoms with E-state index in [2.05, 4.69) is 22.2 Å². The molecule has 2 unspecified atom stereocenters. The molecule has 1 saturated carbocycles. The standard InChI is InChI=1S/C11H19BrOS/c1-14-7-5-11(8-12)4-6-13-10(11)9-2-3-9/h9-10H,2-8H2,1H3. The molecule has 0 bridgehead atoms. The molecule has 0 aromatic rings. The topological polar surface area (TPSA) is 9.23 Å². The van der Waals surface area contributed by atoms with E-state index in [1.807, 2.05) is 11.8 Å². The summed E-state index contributed by atoms with van der Waals surface area (Å²) in [5.74, 6) is 2.16. The Hall–Kier alpha value is 0.790. The summed E-state index contributed by atoms with van der Waals surface area (Å²) in [5.41, 5.74) is 0.462. The molecule has 3 heteroatoms. The Morgan fingerprint density at radius 2 is 2.29 bits per heavy atom. The first kappa shape index (κ1) is 11.3. The molecule has 1 aliphatic heterocycles. The van der Waals surface area contributed by atoms with Gasteiger partial charge in [-0.15, -0.1) is 0 Å². The van der Waals surface area contributed by atoms with E-state index in [1.165, 1.54) is 31.4 Å². The van der Waals surface area contributed by atoms with E-state index in [-0.39, 0.29) is 0 Å². The SMILES string of the molecule is CSCCC1(CBr)CCOC1C1CC1. The molecule has 82 valence electrons. The number of ether oxygens (including phenoxy) is 1. The van der Waals surface area contributed by atoms with Crippen molar-refractivity contribution in [2.24, 2.45) is 11.3 Å². The van der Waals surface area contributed by atoms with E-state index >= 15 is 0 Å². The normalized spacial score (nSPS) is 37.7. The van der Waals surface area contributed by atoms with Crippen LogP contribution < -0.4 is 0 Å². The molecule has 2 aliphatic rings. The van der Waals surface area contributed by atoms with Crippen LogP contribution in [0.1, 0.15) is 25.7 Å². The molecule has 0 radical (unpaired) electrons. The summed E-state index contributed by atoms with van der Waals surface area (Å²) in [4.78, 5) is 0. The Bertz CT molecular complexity index is 196. The Morgan fingerprint density at radius 3 is 2.86 bits per heavy atom. The minimum atomic E-state index is 0.462. The van der Waals surface area contributed by atoms with Crippen LogP contribution in [0.2, 0.25) is 0 Å². The van der Waals surface area contributed by atoms with Crippen LogP contribution in [0.4, 0.5) is 0 Å². The zero-order chi connectivity index (χ0) is 10.0. The third kappa shape index (κ3) is 2.14. The lowest BCUT2D eigenvalue weighted by Gasteiger charge is -2.32. The van der Waals surface area contributed by atoms with Crippen molar-refractivity contribution in [3.8, 4) is 0 Å². The predicted molar refractivity (Wildman–Crippen MR) is 66.3 cm³/mol. The lowest BCUT2D eigenvalue weighted by molar-refractivity contribution is 0.0402. The van der Waals surface area contributed by atoms with Gasteiger partial charge in [0.2, 0.25) is 0 Å². The van der Waals surface area contributed by atoms with Gasteiger partial charge in [-0.1, -0.05) is 15.9 Å². The summed E-state index contributed by atoms with van der Waals surface area (Å²) < 4.78 is 5.94. The summed E-state index contributed by atoms with van der Waals surface area (Å²) >= 11 is 5.67. The van der Waals surface area contributed by atoms with E-state index in [0.29, 0.717) is 11.5 Å². The third-order valence-electron chi connectivity index (χ3n) is 3.62. The van der Waals surface area contributed by atoms with Gasteiger partial charge in [0.15, 0.2) is 0 Å². The first-order valence-electron chi connectivity index (χ1n) is 5.49. The van der Waals surface area contributed by atoms with Crippen LogP contribution in [0.3, 0.4) is 0 Å². The maximum absolute atomic E-state index is 5.94. The fraction of sp³-hybridized carbons (Fsp3) is 1.00. The molecule has 0 amide bonds. The summed E-state index contributed by atoms with van der Waals surface area (Å²) in [6, 6.07) is 0. The van der Waals surface area contributed by atoms with E-state index < -0.39 is 0 Å². The van der Waals surface area contributed by atoms with Gasteiger partial charge in [0.05, 0.1) is 6.10 Å². The van der Waals surface area contributed by atoms with Gasteiger partial charge in [0.25, 0.3) is 0 Å². The largest absolute Gasteiger partial charge is 0.377 e. The van der Waals surface area contributed by atoms with Crippen LogP contribution >= 0.6 is 27.7 Å². The summed E-state index contributed by atoms with van der Waals surface area (Å²) in [6.07, 6.45) is 8.15. The molecule has 14 heavy (non-hydrogen) atoms. The third-order valence-corrected chi connectivity index (χ3v) is 5.35. The molecule has 0 aromatic heterocycles. The maximum atomic E-state index is 5.94. The highest BCUT2D eigenvalue weighted by Gasteiger charge is 2.49. The van der Waals surface area contributed by atoms with Gasteiger partial charge in [-0.25, -0.2) is 0 Å². The Kier molecular flexibility index (Phi) is 3.83. The van der Waals surface area contributed by atoms with Gasteiger partial charge in [-0.05, 0) is 43.6 Å². The summed E-state index contributed by atoms with van der Waals surface area (Å²) in [6.45, 7) is 0.987. The zero-order valence-corrected chi connectivity index (χ0v) is 11.2. The van der Waals surface area contributed by atoms with Gasteiger partial charge >= 0.3 is 0 Å². The van der Waals surface area contributed by atoms with Crippen molar-refractivity contribution >= 4 is 27.7 Å². The second-order valence-electron chi connectivity index (χ2n) is 4.62. The molecule has 1 nitrogen and oxygen atoms in total. The number of halogens is 1. The van der Waals surface area contributed by atoms with Gasteiger partial charge in [0.1, 0.15) is 0 Å². The van der Waals surface area contributed by atoms with Crippen molar-refractivity contribution in [3.05, 3.63) is 0 Å². The van der Waals surface area contributed by atoms with Crippen LogP contribution in [-0.4, -0.2) is 30.0 Å². The fourth-order valence-electron chi connectivity index (χ4n) is 2.53. The Morgan fingerprint density at radius 1 is 1.50 bits per heavy atom. The highest BCUT2D eigenvalue weighted by atomic mass is 79.9. The maximum Gasteiger partial charge on any atom is 0.0668 e. The van der Waals surface area contributed by atoms with Crippen LogP contribution in [0.25, 0.3) is 0 Å². The van der Waals surface area contributed by atoms with E-state index in [0.717, 1.165) is 17.9 Å². The molecule has 0 aromatic carbocycles. The minimum Gasteiger partial charge on any atom is -0.377 e. The summed E-state index contributed by atoms with van der Waals surface area (Å²) in [5, 5.41) is 1.13. The van der Waals surface area contributed by atoms with Crippen LogP contribution in [0, 0.1) is 11.3 Å². The molecule has 1 saturated heterocycles.